The number of nitrogen functional groups attached to an aromatic ring is 1. The number of nitrogens with two attached hydrogens (primary N) is 1. The van der Waals surface area contributed by atoms with E-state index in [0.717, 1.165) is 0 Å². The van der Waals surface area contributed by atoms with Gasteiger partial charge in [0.1, 0.15) is 11.5 Å². The Morgan fingerprint density at radius 1 is 1.00 bits per heavy atom. The average Bonchev–Trinajstić information content (AvgIpc) is 3.02. The van der Waals surface area contributed by atoms with Gasteiger partial charge in [-0.05, 0) is 43.3 Å². The molecule has 8 nitrogen and oxygen atoms in total. The summed E-state index contributed by atoms with van der Waals surface area (Å²) in [6.07, 6.45) is 3.24. The van der Waals surface area contributed by atoms with Gasteiger partial charge in [-0.1, -0.05) is 12.1 Å². The third kappa shape index (κ3) is 3.15. The SMILES string of the molecule is Cc1nc(N)ccc1N=C1C(=O)N(c2ccccn2)N=C1c1ccccn1. The highest BCUT2D eigenvalue weighted by atomic mass is 16.2. The summed E-state index contributed by atoms with van der Waals surface area (Å²) in [5.74, 6) is 0.418. The van der Waals surface area contributed by atoms with Crippen LogP contribution in [0.4, 0.5) is 17.3 Å². The number of anilines is 2. The summed E-state index contributed by atoms with van der Waals surface area (Å²) in [5, 5.41) is 5.66. The molecule has 0 saturated carbocycles. The van der Waals surface area contributed by atoms with Crippen molar-refractivity contribution in [2.75, 3.05) is 10.7 Å². The van der Waals surface area contributed by atoms with E-state index >= 15 is 0 Å². The average molecular weight is 357 g/mol. The predicted molar refractivity (Wildman–Crippen MR) is 103 cm³/mol. The van der Waals surface area contributed by atoms with Crippen LogP contribution in [0.1, 0.15) is 11.4 Å². The number of hydrazone groups is 1. The number of hydrogen-bond acceptors (Lipinski definition) is 7. The highest BCUT2D eigenvalue weighted by Crippen LogP contribution is 2.23. The fourth-order valence-corrected chi connectivity index (χ4v) is 2.62. The van der Waals surface area contributed by atoms with Gasteiger partial charge in [-0.3, -0.25) is 9.78 Å². The number of amides is 1. The van der Waals surface area contributed by atoms with E-state index in [9.17, 15) is 4.79 Å². The molecule has 0 radical (unpaired) electrons. The molecule has 0 aromatic carbocycles. The number of nitrogens with zero attached hydrogens (tertiary/aromatic N) is 6. The second-order valence-corrected chi connectivity index (χ2v) is 5.77. The fraction of sp³-hybridized carbons (Fsp3) is 0.0526. The Morgan fingerprint density at radius 2 is 1.78 bits per heavy atom. The lowest BCUT2D eigenvalue weighted by Crippen LogP contribution is -2.28. The standard InChI is InChI=1S/C19H15N7O/c1-12-13(8-9-15(20)23-12)24-18-17(14-6-2-4-10-21-14)25-26(19(18)27)16-7-3-5-11-22-16/h2-11H,1H3,(H2,20,23). The van der Waals surface area contributed by atoms with Gasteiger partial charge in [0.25, 0.3) is 0 Å². The van der Waals surface area contributed by atoms with E-state index in [-0.39, 0.29) is 11.6 Å². The molecule has 0 spiro atoms. The largest absolute Gasteiger partial charge is 0.384 e. The highest BCUT2D eigenvalue weighted by Gasteiger charge is 2.35. The van der Waals surface area contributed by atoms with E-state index in [2.05, 4.69) is 25.0 Å². The van der Waals surface area contributed by atoms with Gasteiger partial charge in [0.15, 0.2) is 11.5 Å². The molecular weight excluding hydrogens is 342 g/mol. The summed E-state index contributed by atoms with van der Waals surface area (Å²) in [5.41, 5.74) is 7.96. The van der Waals surface area contributed by atoms with E-state index in [4.69, 9.17) is 5.73 Å². The van der Waals surface area contributed by atoms with Crippen LogP contribution in [-0.2, 0) is 4.79 Å². The van der Waals surface area contributed by atoms with Crippen LogP contribution >= 0.6 is 0 Å². The van der Waals surface area contributed by atoms with Gasteiger partial charge in [-0.2, -0.15) is 10.1 Å². The van der Waals surface area contributed by atoms with Gasteiger partial charge < -0.3 is 5.73 Å². The number of aryl methyl sites for hydroxylation is 1. The Kier molecular flexibility index (Phi) is 4.13. The predicted octanol–water partition coefficient (Wildman–Crippen LogP) is 2.29. The smallest absolute Gasteiger partial charge is 0.301 e. The second-order valence-electron chi connectivity index (χ2n) is 5.77. The zero-order valence-electron chi connectivity index (χ0n) is 14.4. The number of rotatable bonds is 3. The molecule has 1 amide bonds. The molecule has 27 heavy (non-hydrogen) atoms. The van der Waals surface area contributed by atoms with Crippen molar-refractivity contribution < 1.29 is 4.79 Å². The van der Waals surface area contributed by atoms with Crippen LogP contribution in [-0.4, -0.2) is 32.3 Å². The van der Waals surface area contributed by atoms with Crippen molar-refractivity contribution in [2.24, 2.45) is 10.1 Å². The van der Waals surface area contributed by atoms with Crippen molar-refractivity contribution >= 4 is 34.7 Å². The maximum absolute atomic E-state index is 13.0. The number of carbonyl (C=O) groups is 1. The van der Waals surface area contributed by atoms with E-state index in [1.165, 1.54) is 5.01 Å². The summed E-state index contributed by atoms with van der Waals surface area (Å²) in [7, 11) is 0. The number of aliphatic imine (C=N–C) groups is 1. The lowest BCUT2D eigenvalue weighted by atomic mass is 10.1. The van der Waals surface area contributed by atoms with Gasteiger partial charge in [0.2, 0.25) is 0 Å². The lowest BCUT2D eigenvalue weighted by Gasteiger charge is -2.09. The first-order valence-electron chi connectivity index (χ1n) is 8.21. The van der Waals surface area contributed by atoms with Gasteiger partial charge in [-0.25, -0.2) is 15.0 Å². The Bertz CT molecular complexity index is 1060. The van der Waals surface area contributed by atoms with Crippen LogP contribution < -0.4 is 10.7 Å². The molecule has 0 saturated heterocycles. The topological polar surface area (TPSA) is 110 Å². The molecule has 0 fully saturated rings. The molecule has 4 rings (SSSR count). The Labute approximate surface area is 155 Å². The maximum atomic E-state index is 13.0. The molecule has 132 valence electrons. The second kappa shape index (κ2) is 6.75. The fourth-order valence-electron chi connectivity index (χ4n) is 2.62. The van der Waals surface area contributed by atoms with Crippen LogP contribution in [0.25, 0.3) is 0 Å². The Morgan fingerprint density at radius 3 is 2.44 bits per heavy atom. The number of pyridine rings is 3. The van der Waals surface area contributed by atoms with Crippen LogP contribution in [0, 0.1) is 6.92 Å². The number of carbonyl (C=O) groups excluding carboxylic acids is 1. The quantitative estimate of drug-likeness (QED) is 0.773. The lowest BCUT2D eigenvalue weighted by molar-refractivity contribution is -0.112. The van der Waals surface area contributed by atoms with E-state index < -0.39 is 0 Å². The molecule has 0 bridgehead atoms. The normalized spacial score (nSPS) is 15.3. The minimum atomic E-state index is -0.384. The van der Waals surface area contributed by atoms with Crippen molar-refractivity contribution in [2.45, 2.75) is 6.92 Å². The molecular formula is C19H15N7O. The molecule has 0 unspecified atom stereocenters. The van der Waals surface area contributed by atoms with Gasteiger partial charge in [0.05, 0.1) is 17.1 Å². The first-order valence-corrected chi connectivity index (χ1v) is 8.21. The molecule has 3 aromatic rings. The minimum Gasteiger partial charge on any atom is -0.384 e. The van der Waals surface area contributed by atoms with Crippen LogP contribution in [0.15, 0.2) is 71.0 Å². The first kappa shape index (κ1) is 16.5. The maximum Gasteiger partial charge on any atom is 0.301 e. The summed E-state index contributed by atoms with van der Waals surface area (Å²) >= 11 is 0. The zero-order chi connectivity index (χ0) is 18.8. The van der Waals surface area contributed by atoms with Crippen LogP contribution in [0.5, 0.6) is 0 Å². The molecule has 8 heteroatoms. The molecule has 3 aromatic heterocycles. The van der Waals surface area contributed by atoms with Crippen molar-refractivity contribution in [3.05, 3.63) is 72.3 Å². The third-order valence-corrected chi connectivity index (χ3v) is 3.90. The molecule has 1 aliphatic rings. The van der Waals surface area contributed by atoms with Crippen LogP contribution in [0.2, 0.25) is 0 Å². The molecule has 2 N–H and O–H groups in total. The van der Waals surface area contributed by atoms with Crippen molar-refractivity contribution in [3.8, 4) is 0 Å². The number of hydrogen-bond donors (Lipinski definition) is 1. The van der Waals surface area contributed by atoms with Gasteiger partial charge >= 0.3 is 5.91 Å². The highest BCUT2D eigenvalue weighted by molar-refractivity contribution is 6.74. The molecule has 4 heterocycles. The molecule has 0 atom stereocenters. The third-order valence-electron chi connectivity index (χ3n) is 3.90. The molecule has 0 aliphatic carbocycles. The van der Waals surface area contributed by atoms with Crippen molar-refractivity contribution in [1.29, 1.82) is 0 Å². The monoisotopic (exact) mass is 357 g/mol. The van der Waals surface area contributed by atoms with Gasteiger partial charge in [-0.15, -0.1) is 0 Å². The van der Waals surface area contributed by atoms with Gasteiger partial charge in [0, 0.05) is 12.4 Å². The first-order chi connectivity index (χ1) is 13.1. The van der Waals surface area contributed by atoms with Crippen molar-refractivity contribution in [1.82, 2.24) is 15.0 Å². The summed E-state index contributed by atoms with van der Waals surface area (Å²) in [6, 6.07) is 14.0. The zero-order valence-corrected chi connectivity index (χ0v) is 14.4. The van der Waals surface area contributed by atoms with E-state index in [1.54, 1.807) is 61.8 Å². The summed E-state index contributed by atoms with van der Waals surface area (Å²) in [6.45, 7) is 1.78. The van der Waals surface area contributed by atoms with Crippen molar-refractivity contribution in [3.63, 3.8) is 0 Å². The Hall–Kier alpha value is -3.94. The van der Waals surface area contributed by atoms with E-state index in [0.29, 0.717) is 34.4 Å². The minimum absolute atomic E-state index is 0.175. The van der Waals surface area contributed by atoms with Crippen LogP contribution in [0.3, 0.4) is 0 Å². The molecule has 1 aliphatic heterocycles. The number of aromatic nitrogens is 3. The Balaban J connectivity index is 1.85. The summed E-state index contributed by atoms with van der Waals surface area (Å²) < 4.78 is 0. The summed E-state index contributed by atoms with van der Waals surface area (Å²) in [4.78, 5) is 30.3. The van der Waals surface area contributed by atoms with E-state index in [1.807, 2.05) is 6.07 Å².